The van der Waals surface area contributed by atoms with Gasteiger partial charge in [-0.05, 0) is 55.7 Å². The van der Waals surface area contributed by atoms with E-state index in [9.17, 15) is 10.2 Å². The summed E-state index contributed by atoms with van der Waals surface area (Å²) in [7, 11) is 0. The Balaban J connectivity index is 1.45. The molecule has 2 aliphatic heterocycles. The van der Waals surface area contributed by atoms with E-state index in [1.807, 2.05) is 72.8 Å². The summed E-state index contributed by atoms with van der Waals surface area (Å²) in [6.45, 7) is 0. The molecule has 2 aliphatic rings. The largest absolute Gasteiger partial charge is 0.486 e. The van der Waals surface area contributed by atoms with E-state index in [2.05, 4.69) is 31.9 Å². The first kappa shape index (κ1) is 31.6. The van der Waals surface area contributed by atoms with Gasteiger partial charge in [0.1, 0.15) is 23.7 Å². The molecule has 5 rings (SSSR count). The number of hydrogen-bond donors (Lipinski definition) is 2. The summed E-state index contributed by atoms with van der Waals surface area (Å²) < 4.78 is 13.1. The summed E-state index contributed by atoms with van der Waals surface area (Å²) >= 11 is 7.04. The summed E-state index contributed by atoms with van der Waals surface area (Å²) in [5, 5.41) is 27.2. The van der Waals surface area contributed by atoms with Crippen LogP contribution in [0.25, 0.3) is 0 Å². The van der Waals surface area contributed by atoms with Crippen LogP contribution in [-0.2, 0) is 11.2 Å². The van der Waals surface area contributed by atoms with Crippen molar-refractivity contribution < 1.29 is 19.7 Å². The Morgan fingerprint density at radius 3 is 1.31 bits per heavy atom. The van der Waals surface area contributed by atoms with Gasteiger partial charge < -0.3 is 19.7 Å². The van der Waals surface area contributed by atoms with Crippen molar-refractivity contribution in [2.75, 3.05) is 10.7 Å². The molecule has 0 saturated carbocycles. The van der Waals surface area contributed by atoms with Crippen LogP contribution in [0.5, 0.6) is 11.5 Å². The van der Waals surface area contributed by atoms with Gasteiger partial charge in [0.25, 0.3) is 0 Å². The third-order valence-electron chi connectivity index (χ3n) is 9.00. The summed E-state index contributed by atoms with van der Waals surface area (Å²) in [5.41, 5.74) is 0.430. The minimum absolute atomic E-state index is 0.409. The van der Waals surface area contributed by atoms with Gasteiger partial charge in [-0.2, -0.15) is 0 Å². The van der Waals surface area contributed by atoms with Crippen LogP contribution in [0, 0.1) is 0 Å². The van der Waals surface area contributed by atoms with Gasteiger partial charge in [-0.15, -0.1) is 0 Å². The molecule has 0 bridgehead atoms. The highest BCUT2D eigenvalue weighted by Crippen LogP contribution is 2.55. The van der Waals surface area contributed by atoms with Gasteiger partial charge in [-0.1, -0.05) is 131 Å². The smallest absolute Gasteiger partial charge is 0.155 e. The Morgan fingerprint density at radius 1 is 0.524 bits per heavy atom. The zero-order valence-corrected chi connectivity index (χ0v) is 27.6. The van der Waals surface area contributed by atoms with Crippen molar-refractivity contribution in [2.45, 2.75) is 100 Å². The average Bonchev–Trinajstić information content (AvgIpc) is 3.47. The third-order valence-corrected chi connectivity index (χ3v) is 10.1. The molecular weight excluding hydrogens is 656 g/mol. The van der Waals surface area contributed by atoms with Crippen LogP contribution < -0.4 is 9.47 Å². The number of fused-ring (bicyclic) bond motifs is 2. The fraction of sp³-hybridized carbons (Fsp3) is 0.500. The molecule has 4 atom stereocenters. The highest BCUT2D eigenvalue weighted by Gasteiger charge is 2.54. The SMILES string of the molecule is OC1(c2ccccc2)c2cc3c(cc2OC1CCCCCCCBr)OC(CCCCCCCBr)C3(O)c1ccccc1. The molecule has 42 heavy (non-hydrogen) atoms. The lowest BCUT2D eigenvalue weighted by atomic mass is 9.77. The maximum atomic E-state index is 12.5. The minimum atomic E-state index is -1.31. The molecule has 226 valence electrons. The van der Waals surface area contributed by atoms with Gasteiger partial charge >= 0.3 is 0 Å². The average molecular weight is 701 g/mol. The van der Waals surface area contributed by atoms with Crippen LogP contribution in [0.15, 0.2) is 72.8 Å². The number of rotatable bonds is 16. The molecule has 0 saturated heterocycles. The Kier molecular flexibility index (Phi) is 11.1. The number of alkyl halides is 2. The van der Waals surface area contributed by atoms with Crippen molar-refractivity contribution in [1.82, 2.24) is 0 Å². The van der Waals surface area contributed by atoms with Crippen LogP contribution in [0.4, 0.5) is 0 Å². The van der Waals surface area contributed by atoms with Crippen molar-refractivity contribution >= 4 is 31.9 Å². The monoisotopic (exact) mass is 698 g/mol. The van der Waals surface area contributed by atoms with Crippen molar-refractivity contribution in [2.24, 2.45) is 0 Å². The van der Waals surface area contributed by atoms with Gasteiger partial charge in [0.05, 0.1) is 0 Å². The molecule has 3 aromatic carbocycles. The molecule has 3 aromatic rings. The topological polar surface area (TPSA) is 58.9 Å². The molecule has 0 amide bonds. The second-order valence-electron chi connectivity index (χ2n) is 11.8. The van der Waals surface area contributed by atoms with E-state index in [1.165, 1.54) is 38.5 Å². The van der Waals surface area contributed by atoms with Gasteiger partial charge in [0, 0.05) is 27.9 Å². The van der Waals surface area contributed by atoms with Crippen molar-refractivity contribution in [3.05, 3.63) is 95.1 Å². The van der Waals surface area contributed by atoms with E-state index < -0.39 is 23.4 Å². The Labute approximate surface area is 268 Å². The van der Waals surface area contributed by atoms with Crippen LogP contribution >= 0.6 is 31.9 Å². The zero-order chi connectivity index (χ0) is 29.4. The van der Waals surface area contributed by atoms with E-state index in [4.69, 9.17) is 9.47 Å². The number of aliphatic hydroxyl groups is 2. The first-order valence-electron chi connectivity index (χ1n) is 15.7. The number of ether oxygens (including phenoxy) is 2. The molecule has 0 aromatic heterocycles. The number of benzene rings is 3. The molecule has 0 aliphatic carbocycles. The van der Waals surface area contributed by atoms with Crippen LogP contribution in [0.2, 0.25) is 0 Å². The standard InChI is InChI=1S/C36H44Br2O4/c37-23-15-5-1-3-13-21-33-35(39,27-17-9-7-10-18-27)29-25-30-32(26-31(29)41-33)42-34(22-14-4-2-6-16-24-38)36(30,40)28-19-11-8-12-20-28/h7-12,17-20,25-26,33-34,39-40H,1-6,13-16,21-24H2. The molecule has 2 N–H and O–H groups in total. The second-order valence-corrected chi connectivity index (χ2v) is 13.4. The first-order chi connectivity index (χ1) is 20.5. The molecule has 4 nitrogen and oxygen atoms in total. The van der Waals surface area contributed by atoms with Crippen LogP contribution in [-0.4, -0.2) is 33.1 Å². The van der Waals surface area contributed by atoms with E-state index >= 15 is 0 Å². The molecule has 0 spiro atoms. The molecule has 6 heteroatoms. The molecule has 4 unspecified atom stereocenters. The van der Waals surface area contributed by atoms with Gasteiger partial charge in [0.2, 0.25) is 0 Å². The van der Waals surface area contributed by atoms with Crippen LogP contribution in [0.3, 0.4) is 0 Å². The van der Waals surface area contributed by atoms with E-state index in [1.54, 1.807) is 0 Å². The number of unbranched alkanes of at least 4 members (excludes halogenated alkanes) is 8. The molecule has 2 heterocycles. The summed E-state index contributed by atoms with van der Waals surface area (Å²) in [6, 6.07) is 23.6. The zero-order valence-electron chi connectivity index (χ0n) is 24.4. The first-order valence-corrected chi connectivity index (χ1v) is 18.0. The molecule has 0 radical (unpaired) electrons. The normalized spacial score (nSPS) is 24.2. The lowest BCUT2D eigenvalue weighted by Crippen LogP contribution is -2.40. The lowest BCUT2D eigenvalue weighted by Gasteiger charge is -2.32. The maximum Gasteiger partial charge on any atom is 0.155 e. The van der Waals surface area contributed by atoms with E-state index in [-0.39, 0.29) is 0 Å². The van der Waals surface area contributed by atoms with Gasteiger partial charge in [-0.25, -0.2) is 0 Å². The fourth-order valence-corrected chi connectivity index (χ4v) is 7.48. The number of halogens is 2. The van der Waals surface area contributed by atoms with E-state index in [0.717, 1.165) is 60.3 Å². The van der Waals surface area contributed by atoms with Crippen LogP contribution in [0.1, 0.15) is 99.3 Å². The molecular formula is C36H44Br2O4. The summed E-state index contributed by atoms with van der Waals surface area (Å²) in [6.07, 6.45) is 12.0. The third kappa shape index (κ3) is 6.47. The Hall–Kier alpha value is -1.86. The predicted molar refractivity (Wildman–Crippen MR) is 177 cm³/mol. The van der Waals surface area contributed by atoms with Crippen molar-refractivity contribution in [1.29, 1.82) is 0 Å². The highest BCUT2D eigenvalue weighted by molar-refractivity contribution is 9.09. The molecule has 0 fully saturated rings. The second kappa shape index (κ2) is 14.7. The lowest BCUT2D eigenvalue weighted by molar-refractivity contribution is -0.0154. The van der Waals surface area contributed by atoms with Crippen molar-refractivity contribution in [3.8, 4) is 11.5 Å². The highest BCUT2D eigenvalue weighted by atomic mass is 79.9. The quantitative estimate of drug-likeness (QED) is 0.116. The van der Waals surface area contributed by atoms with Gasteiger partial charge in [0.15, 0.2) is 11.2 Å². The predicted octanol–water partition coefficient (Wildman–Crippen LogP) is 9.15. The van der Waals surface area contributed by atoms with E-state index in [0.29, 0.717) is 22.6 Å². The maximum absolute atomic E-state index is 12.5. The van der Waals surface area contributed by atoms with Gasteiger partial charge in [-0.3, -0.25) is 0 Å². The fourth-order valence-electron chi connectivity index (χ4n) is 6.69. The summed E-state index contributed by atoms with van der Waals surface area (Å²) in [5.74, 6) is 1.30. The minimum Gasteiger partial charge on any atom is -0.486 e. The van der Waals surface area contributed by atoms with Crippen molar-refractivity contribution in [3.63, 3.8) is 0 Å². The Bertz CT molecular complexity index is 1180. The summed E-state index contributed by atoms with van der Waals surface area (Å²) in [4.78, 5) is 0. The Morgan fingerprint density at radius 2 is 0.905 bits per heavy atom. The number of hydrogen-bond acceptors (Lipinski definition) is 4.